The fourth-order valence-electron chi connectivity index (χ4n) is 2.71. The average Bonchev–Trinajstić information content (AvgIpc) is 3.23. The lowest BCUT2D eigenvalue weighted by atomic mass is 10.1. The van der Waals surface area contributed by atoms with Gasteiger partial charge in [0.05, 0.1) is 16.3 Å². The molecule has 0 spiro atoms. The summed E-state index contributed by atoms with van der Waals surface area (Å²) in [5.41, 5.74) is 3.42. The molecule has 0 unspecified atom stereocenters. The quantitative estimate of drug-likeness (QED) is 0.572. The Bertz CT molecular complexity index is 1030. The zero-order valence-electron chi connectivity index (χ0n) is 16.1. The highest BCUT2D eigenvalue weighted by atomic mass is 32.1. The number of aryl methyl sites for hydroxylation is 1. The molecule has 0 saturated carbocycles. The molecule has 0 aliphatic rings. The maximum absolute atomic E-state index is 12.6. The van der Waals surface area contributed by atoms with Crippen LogP contribution in [0, 0.1) is 6.92 Å². The van der Waals surface area contributed by atoms with Gasteiger partial charge in [-0.25, -0.2) is 0 Å². The van der Waals surface area contributed by atoms with Gasteiger partial charge in [0.2, 0.25) is 5.91 Å². The topological polar surface area (TPSA) is 87.3 Å². The lowest BCUT2D eigenvalue weighted by Gasteiger charge is -2.13. The number of carbonyl (C=O) groups is 3. The Balaban J connectivity index is 1.64. The van der Waals surface area contributed by atoms with Crippen LogP contribution in [0.25, 0.3) is 0 Å². The van der Waals surface area contributed by atoms with Crippen molar-refractivity contribution in [3.63, 3.8) is 0 Å². The number of nitrogens with one attached hydrogen (secondary N) is 3. The van der Waals surface area contributed by atoms with Crippen LogP contribution in [0.15, 0.2) is 60.0 Å². The van der Waals surface area contributed by atoms with Gasteiger partial charge in [-0.05, 0) is 53.8 Å². The van der Waals surface area contributed by atoms with Crippen molar-refractivity contribution in [2.24, 2.45) is 0 Å². The molecule has 148 valence electrons. The molecule has 0 saturated heterocycles. The SMILES string of the molecule is CC(=O)Nc1ccc(C)cc1NC(=O)c1ccc(CNC(=O)c2cccs2)cc1. The monoisotopic (exact) mass is 407 g/mol. The third-order valence-electron chi connectivity index (χ3n) is 4.15. The molecule has 1 aromatic heterocycles. The van der Waals surface area contributed by atoms with Crippen LogP contribution in [0.1, 0.15) is 38.1 Å². The van der Waals surface area contributed by atoms with Crippen LogP contribution in [0.2, 0.25) is 0 Å². The summed E-state index contributed by atoms with van der Waals surface area (Å²) in [6.45, 7) is 3.71. The van der Waals surface area contributed by atoms with Gasteiger partial charge >= 0.3 is 0 Å². The van der Waals surface area contributed by atoms with Crippen LogP contribution in [0.3, 0.4) is 0 Å². The molecule has 2 aromatic carbocycles. The van der Waals surface area contributed by atoms with Gasteiger partial charge in [0, 0.05) is 19.0 Å². The second-order valence-electron chi connectivity index (χ2n) is 6.54. The van der Waals surface area contributed by atoms with Gasteiger partial charge in [-0.1, -0.05) is 24.3 Å². The van der Waals surface area contributed by atoms with E-state index < -0.39 is 0 Å². The summed E-state index contributed by atoms with van der Waals surface area (Å²) in [6, 6.07) is 16.0. The highest BCUT2D eigenvalue weighted by Gasteiger charge is 2.11. The van der Waals surface area contributed by atoms with Gasteiger partial charge in [-0.15, -0.1) is 11.3 Å². The maximum atomic E-state index is 12.6. The predicted octanol–water partition coefficient (Wildman–Crippen LogP) is 4.20. The van der Waals surface area contributed by atoms with Crippen molar-refractivity contribution >= 4 is 40.4 Å². The van der Waals surface area contributed by atoms with E-state index >= 15 is 0 Å². The minimum absolute atomic E-state index is 0.119. The first-order valence-electron chi connectivity index (χ1n) is 9.02. The Kier molecular flexibility index (Phi) is 6.41. The molecule has 6 nitrogen and oxygen atoms in total. The Morgan fingerprint density at radius 2 is 1.66 bits per heavy atom. The lowest BCUT2D eigenvalue weighted by Crippen LogP contribution is -2.21. The van der Waals surface area contributed by atoms with Crippen LogP contribution in [-0.2, 0) is 11.3 Å². The minimum Gasteiger partial charge on any atom is -0.347 e. The summed E-state index contributed by atoms with van der Waals surface area (Å²) in [4.78, 5) is 36.6. The number of carbonyl (C=O) groups excluding carboxylic acids is 3. The summed E-state index contributed by atoms with van der Waals surface area (Å²) in [5.74, 6) is -0.610. The summed E-state index contributed by atoms with van der Waals surface area (Å²) in [5, 5.41) is 10.3. The first kappa shape index (κ1) is 20.3. The van der Waals surface area contributed by atoms with Crippen LogP contribution in [-0.4, -0.2) is 17.7 Å². The van der Waals surface area contributed by atoms with Crippen LogP contribution in [0.5, 0.6) is 0 Å². The highest BCUT2D eigenvalue weighted by molar-refractivity contribution is 7.12. The smallest absolute Gasteiger partial charge is 0.261 e. The van der Waals surface area contributed by atoms with Crippen molar-refractivity contribution in [2.75, 3.05) is 10.6 Å². The van der Waals surface area contributed by atoms with E-state index in [-0.39, 0.29) is 17.7 Å². The first-order chi connectivity index (χ1) is 13.9. The van der Waals surface area contributed by atoms with Crippen molar-refractivity contribution in [3.05, 3.63) is 81.5 Å². The minimum atomic E-state index is -0.281. The number of benzene rings is 2. The van der Waals surface area contributed by atoms with Gasteiger partial charge in [0.25, 0.3) is 11.8 Å². The molecule has 0 fully saturated rings. The van der Waals surface area contributed by atoms with E-state index in [1.807, 2.05) is 24.4 Å². The Morgan fingerprint density at radius 1 is 0.897 bits per heavy atom. The van der Waals surface area contributed by atoms with Crippen molar-refractivity contribution < 1.29 is 14.4 Å². The van der Waals surface area contributed by atoms with Crippen LogP contribution in [0.4, 0.5) is 11.4 Å². The number of hydrogen-bond donors (Lipinski definition) is 3. The molecule has 1 heterocycles. The molecule has 3 N–H and O–H groups in total. The van der Waals surface area contributed by atoms with E-state index in [9.17, 15) is 14.4 Å². The number of thiophene rings is 1. The van der Waals surface area contributed by atoms with E-state index in [4.69, 9.17) is 0 Å². The van der Waals surface area contributed by atoms with Gasteiger partial charge in [-0.3, -0.25) is 14.4 Å². The average molecular weight is 407 g/mol. The number of anilines is 2. The molecule has 0 aliphatic carbocycles. The summed E-state index contributed by atoms with van der Waals surface area (Å²) in [6.07, 6.45) is 0. The van der Waals surface area contributed by atoms with Gasteiger partial charge < -0.3 is 16.0 Å². The predicted molar refractivity (Wildman–Crippen MR) is 115 cm³/mol. The maximum Gasteiger partial charge on any atom is 0.261 e. The number of amides is 3. The molecule has 3 aromatic rings. The van der Waals surface area contributed by atoms with E-state index in [1.54, 1.807) is 42.5 Å². The Hall–Kier alpha value is -3.45. The van der Waals surface area contributed by atoms with Crippen LogP contribution < -0.4 is 16.0 Å². The zero-order valence-corrected chi connectivity index (χ0v) is 16.9. The third kappa shape index (κ3) is 5.52. The fourth-order valence-corrected chi connectivity index (χ4v) is 3.35. The second-order valence-corrected chi connectivity index (χ2v) is 7.49. The molecule has 29 heavy (non-hydrogen) atoms. The molecule has 7 heteroatoms. The molecule has 3 amide bonds. The van der Waals surface area contributed by atoms with Gasteiger partial charge in [0.1, 0.15) is 0 Å². The summed E-state index contributed by atoms with van der Waals surface area (Å²) >= 11 is 1.39. The fraction of sp³-hybridized carbons (Fsp3) is 0.136. The second kappa shape index (κ2) is 9.16. The van der Waals surface area contributed by atoms with Crippen molar-refractivity contribution in [1.82, 2.24) is 5.32 Å². The molecular weight excluding hydrogens is 386 g/mol. The van der Waals surface area contributed by atoms with Crippen molar-refractivity contribution in [1.29, 1.82) is 0 Å². The van der Waals surface area contributed by atoms with Crippen molar-refractivity contribution in [2.45, 2.75) is 20.4 Å². The molecule has 0 aliphatic heterocycles. The van der Waals surface area contributed by atoms with E-state index in [2.05, 4.69) is 16.0 Å². The first-order valence-corrected chi connectivity index (χ1v) is 9.90. The molecule has 3 rings (SSSR count). The number of rotatable bonds is 6. The van der Waals surface area contributed by atoms with E-state index in [1.165, 1.54) is 18.3 Å². The molecule has 0 atom stereocenters. The zero-order chi connectivity index (χ0) is 20.8. The Morgan fingerprint density at radius 3 is 2.31 bits per heavy atom. The normalized spacial score (nSPS) is 10.3. The van der Waals surface area contributed by atoms with E-state index in [0.29, 0.717) is 28.4 Å². The largest absolute Gasteiger partial charge is 0.347 e. The lowest BCUT2D eigenvalue weighted by molar-refractivity contribution is -0.114. The number of hydrogen-bond acceptors (Lipinski definition) is 4. The van der Waals surface area contributed by atoms with Gasteiger partial charge in [0.15, 0.2) is 0 Å². The molecule has 0 radical (unpaired) electrons. The molecular formula is C22H21N3O3S. The third-order valence-corrected chi connectivity index (χ3v) is 5.02. The Labute approximate surface area is 173 Å². The summed E-state index contributed by atoms with van der Waals surface area (Å²) < 4.78 is 0. The van der Waals surface area contributed by atoms with Crippen LogP contribution >= 0.6 is 11.3 Å². The van der Waals surface area contributed by atoms with Crippen molar-refractivity contribution in [3.8, 4) is 0 Å². The van der Waals surface area contributed by atoms with Gasteiger partial charge in [-0.2, -0.15) is 0 Å². The highest BCUT2D eigenvalue weighted by Crippen LogP contribution is 2.24. The molecule has 0 bridgehead atoms. The van der Waals surface area contributed by atoms with E-state index in [0.717, 1.165) is 11.1 Å². The standard InChI is InChI=1S/C22H21N3O3S/c1-14-5-10-18(24-15(2)26)19(12-14)25-21(27)17-8-6-16(7-9-17)13-23-22(28)20-4-3-11-29-20/h3-12H,13H2,1-2H3,(H,23,28)(H,24,26)(H,25,27). The summed E-state index contributed by atoms with van der Waals surface area (Å²) in [7, 11) is 0.